The molecule has 0 amide bonds. The molecule has 1 rings (SSSR count). The average molecular weight is 376 g/mol. The SMILES string of the molecule is CCCCN(C)C(=NC)NCc1ncccc1C.I. The smallest absolute Gasteiger partial charge is 0.193 e. The lowest BCUT2D eigenvalue weighted by molar-refractivity contribution is 0.464. The number of nitrogens with one attached hydrogen (secondary N) is 1. The van der Waals surface area contributed by atoms with Crippen molar-refractivity contribution >= 4 is 29.9 Å². The zero-order valence-corrected chi connectivity index (χ0v) is 14.6. The Morgan fingerprint density at radius 2 is 2.21 bits per heavy atom. The zero-order valence-electron chi connectivity index (χ0n) is 12.3. The van der Waals surface area contributed by atoms with E-state index in [2.05, 4.69) is 47.2 Å². The largest absolute Gasteiger partial charge is 0.351 e. The number of pyridine rings is 1. The van der Waals surface area contributed by atoms with Crippen LogP contribution in [0.15, 0.2) is 23.3 Å². The number of unbranched alkanes of at least 4 members (excludes halogenated alkanes) is 1. The molecule has 5 heteroatoms. The van der Waals surface area contributed by atoms with Gasteiger partial charge in [0.25, 0.3) is 0 Å². The molecular weight excluding hydrogens is 351 g/mol. The van der Waals surface area contributed by atoms with E-state index in [4.69, 9.17) is 0 Å². The Balaban J connectivity index is 0.00000324. The quantitative estimate of drug-likeness (QED) is 0.488. The maximum Gasteiger partial charge on any atom is 0.193 e. The van der Waals surface area contributed by atoms with Gasteiger partial charge in [-0.15, -0.1) is 24.0 Å². The molecule has 0 unspecified atom stereocenters. The molecule has 1 N–H and O–H groups in total. The van der Waals surface area contributed by atoms with Gasteiger partial charge in [0.05, 0.1) is 12.2 Å². The van der Waals surface area contributed by atoms with Crippen molar-refractivity contribution in [2.24, 2.45) is 4.99 Å². The van der Waals surface area contributed by atoms with Crippen LogP contribution in [0, 0.1) is 6.92 Å². The monoisotopic (exact) mass is 376 g/mol. The second-order valence-electron chi connectivity index (χ2n) is 4.44. The van der Waals surface area contributed by atoms with Crippen LogP contribution in [0.2, 0.25) is 0 Å². The van der Waals surface area contributed by atoms with Gasteiger partial charge in [0.15, 0.2) is 5.96 Å². The van der Waals surface area contributed by atoms with Crippen LogP contribution in [-0.4, -0.2) is 36.5 Å². The fourth-order valence-corrected chi connectivity index (χ4v) is 1.75. The molecule has 0 atom stereocenters. The molecule has 1 aromatic heterocycles. The molecule has 108 valence electrons. The summed E-state index contributed by atoms with van der Waals surface area (Å²) >= 11 is 0. The van der Waals surface area contributed by atoms with E-state index in [-0.39, 0.29) is 24.0 Å². The van der Waals surface area contributed by atoms with Crippen molar-refractivity contribution in [3.63, 3.8) is 0 Å². The first-order valence-electron chi connectivity index (χ1n) is 6.51. The minimum atomic E-state index is 0. The third kappa shape index (κ3) is 6.22. The summed E-state index contributed by atoms with van der Waals surface area (Å²) in [6, 6.07) is 4.04. The normalized spacial score (nSPS) is 10.8. The predicted octanol–water partition coefficient (Wildman–Crippen LogP) is 2.82. The molecule has 4 nitrogen and oxygen atoms in total. The van der Waals surface area contributed by atoms with E-state index in [1.54, 1.807) is 0 Å². The molecular formula is C14H25IN4. The van der Waals surface area contributed by atoms with Gasteiger partial charge in [-0.25, -0.2) is 0 Å². The number of aryl methyl sites for hydroxylation is 1. The summed E-state index contributed by atoms with van der Waals surface area (Å²) in [6.45, 7) is 6.02. The van der Waals surface area contributed by atoms with Crippen molar-refractivity contribution < 1.29 is 0 Å². The summed E-state index contributed by atoms with van der Waals surface area (Å²) in [7, 11) is 3.88. The molecule has 0 aliphatic heterocycles. The Labute approximate surface area is 133 Å². The van der Waals surface area contributed by atoms with Gasteiger partial charge in [0.1, 0.15) is 0 Å². The van der Waals surface area contributed by atoms with Crippen LogP contribution in [0.1, 0.15) is 31.0 Å². The number of hydrogen-bond acceptors (Lipinski definition) is 2. The van der Waals surface area contributed by atoms with Gasteiger partial charge in [0, 0.05) is 26.8 Å². The maximum absolute atomic E-state index is 4.37. The molecule has 0 spiro atoms. The predicted molar refractivity (Wildman–Crippen MR) is 92.1 cm³/mol. The van der Waals surface area contributed by atoms with Gasteiger partial charge in [-0.3, -0.25) is 9.98 Å². The minimum absolute atomic E-state index is 0. The topological polar surface area (TPSA) is 40.5 Å². The van der Waals surface area contributed by atoms with Gasteiger partial charge < -0.3 is 10.2 Å². The number of halogens is 1. The number of nitrogens with zero attached hydrogens (tertiary/aromatic N) is 3. The summed E-state index contributed by atoms with van der Waals surface area (Å²) in [5.74, 6) is 0.925. The van der Waals surface area contributed by atoms with E-state index >= 15 is 0 Å². The molecule has 0 saturated heterocycles. The molecule has 19 heavy (non-hydrogen) atoms. The lowest BCUT2D eigenvalue weighted by atomic mass is 10.2. The molecule has 1 heterocycles. The highest BCUT2D eigenvalue weighted by molar-refractivity contribution is 14.0. The van der Waals surface area contributed by atoms with E-state index in [0.717, 1.165) is 24.7 Å². The van der Waals surface area contributed by atoms with Gasteiger partial charge in [0.2, 0.25) is 0 Å². The van der Waals surface area contributed by atoms with Crippen LogP contribution in [0.4, 0.5) is 0 Å². The third-order valence-electron chi connectivity index (χ3n) is 2.95. The number of aromatic nitrogens is 1. The lowest BCUT2D eigenvalue weighted by Gasteiger charge is -2.21. The van der Waals surface area contributed by atoms with Gasteiger partial charge in [-0.2, -0.15) is 0 Å². The standard InChI is InChI=1S/C14H24N4.HI/c1-5-6-10-18(4)14(15-3)17-11-13-12(2)8-7-9-16-13;/h7-9H,5-6,10-11H2,1-4H3,(H,15,17);1H. The van der Waals surface area contributed by atoms with Crippen molar-refractivity contribution in [3.8, 4) is 0 Å². The molecule has 0 radical (unpaired) electrons. The maximum atomic E-state index is 4.37. The summed E-state index contributed by atoms with van der Waals surface area (Å²) in [6.07, 6.45) is 4.20. The fraction of sp³-hybridized carbons (Fsp3) is 0.571. The summed E-state index contributed by atoms with van der Waals surface area (Å²) in [4.78, 5) is 10.8. The van der Waals surface area contributed by atoms with Gasteiger partial charge >= 0.3 is 0 Å². The van der Waals surface area contributed by atoms with E-state index in [1.807, 2.05) is 19.3 Å². The molecule has 1 aromatic rings. The average Bonchev–Trinajstić information content (AvgIpc) is 2.39. The molecule has 0 fully saturated rings. The summed E-state index contributed by atoms with van der Waals surface area (Å²) < 4.78 is 0. The lowest BCUT2D eigenvalue weighted by Crippen LogP contribution is -2.39. The summed E-state index contributed by atoms with van der Waals surface area (Å²) in [5.41, 5.74) is 2.28. The van der Waals surface area contributed by atoms with Gasteiger partial charge in [-0.05, 0) is 25.0 Å². The Hall–Kier alpha value is -0.850. The minimum Gasteiger partial charge on any atom is -0.351 e. The van der Waals surface area contributed by atoms with Crippen LogP contribution in [0.25, 0.3) is 0 Å². The first-order valence-corrected chi connectivity index (χ1v) is 6.51. The Morgan fingerprint density at radius 3 is 2.79 bits per heavy atom. The summed E-state index contributed by atoms with van der Waals surface area (Å²) in [5, 5.41) is 3.35. The first-order chi connectivity index (χ1) is 8.69. The molecule has 0 aromatic carbocycles. The third-order valence-corrected chi connectivity index (χ3v) is 2.95. The molecule has 0 aliphatic carbocycles. The highest BCUT2D eigenvalue weighted by Crippen LogP contribution is 2.02. The van der Waals surface area contributed by atoms with E-state index in [9.17, 15) is 0 Å². The van der Waals surface area contributed by atoms with Crippen molar-refractivity contribution in [2.75, 3.05) is 20.6 Å². The highest BCUT2D eigenvalue weighted by Gasteiger charge is 2.06. The first kappa shape index (κ1) is 18.1. The van der Waals surface area contributed by atoms with Gasteiger partial charge in [-0.1, -0.05) is 19.4 Å². The molecule has 0 bridgehead atoms. The fourth-order valence-electron chi connectivity index (χ4n) is 1.75. The van der Waals surface area contributed by atoms with Crippen LogP contribution < -0.4 is 5.32 Å². The van der Waals surface area contributed by atoms with E-state index in [1.165, 1.54) is 18.4 Å². The second-order valence-corrected chi connectivity index (χ2v) is 4.44. The van der Waals surface area contributed by atoms with E-state index in [0.29, 0.717) is 0 Å². The van der Waals surface area contributed by atoms with Crippen molar-refractivity contribution in [2.45, 2.75) is 33.2 Å². The Bertz CT molecular complexity index is 393. The Kier molecular flexibility index (Phi) is 9.55. The van der Waals surface area contributed by atoms with Crippen LogP contribution >= 0.6 is 24.0 Å². The van der Waals surface area contributed by atoms with Crippen molar-refractivity contribution in [1.29, 1.82) is 0 Å². The zero-order chi connectivity index (χ0) is 13.4. The van der Waals surface area contributed by atoms with Crippen molar-refractivity contribution in [1.82, 2.24) is 15.2 Å². The van der Waals surface area contributed by atoms with Crippen LogP contribution in [0.3, 0.4) is 0 Å². The number of aliphatic imine (C=N–C) groups is 1. The highest BCUT2D eigenvalue weighted by atomic mass is 127. The number of hydrogen-bond donors (Lipinski definition) is 1. The van der Waals surface area contributed by atoms with Crippen LogP contribution in [0.5, 0.6) is 0 Å². The molecule has 0 aliphatic rings. The van der Waals surface area contributed by atoms with E-state index < -0.39 is 0 Å². The second kappa shape index (κ2) is 10.00. The molecule has 0 saturated carbocycles. The Morgan fingerprint density at radius 1 is 1.47 bits per heavy atom. The number of guanidine groups is 1. The number of rotatable bonds is 5. The van der Waals surface area contributed by atoms with Crippen LogP contribution in [-0.2, 0) is 6.54 Å². The van der Waals surface area contributed by atoms with Crippen molar-refractivity contribution in [3.05, 3.63) is 29.6 Å².